The molecule has 20 heavy (non-hydrogen) atoms. The van der Waals surface area contributed by atoms with Crippen LogP contribution in [0, 0.1) is 20.8 Å². The van der Waals surface area contributed by atoms with Gasteiger partial charge in [-0.1, -0.05) is 0 Å². The van der Waals surface area contributed by atoms with Crippen molar-refractivity contribution in [1.29, 1.82) is 0 Å². The molecule has 0 saturated carbocycles. The molecule has 0 spiro atoms. The molecule has 1 N–H and O–H groups in total. The normalized spacial score (nSPS) is 20.7. The lowest BCUT2D eigenvalue weighted by Crippen LogP contribution is -2.41. The summed E-state index contributed by atoms with van der Waals surface area (Å²) in [5.41, 5.74) is 3.39. The molecule has 2 heterocycles. The van der Waals surface area contributed by atoms with E-state index in [-0.39, 0.29) is 18.0 Å². The zero-order valence-corrected chi connectivity index (χ0v) is 12.9. The quantitative estimate of drug-likeness (QED) is 0.917. The summed E-state index contributed by atoms with van der Waals surface area (Å²) in [4.78, 5) is 12.1. The zero-order valence-electron chi connectivity index (χ0n) is 12.9. The van der Waals surface area contributed by atoms with Crippen LogP contribution in [0.1, 0.15) is 49.2 Å². The highest BCUT2D eigenvalue weighted by Crippen LogP contribution is 2.18. The number of aryl methyl sites for hydroxylation is 1. The molecule has 1 aromatic rings. The van der Waals surface area contributed by atoms with Gasteiger partial charge in [-0.2, -0.15) is 5.10 Å². The van der Waals surface area contributed by atoms with Crippen LogP contribution in [0.3, 0.4) is 0 Å². The molecule has 0 aliphatic carbocycles. The molecular formula is C15H25N3O2. The number of hydrogen-bond acceptors (Lipinski definition) is 3. The largest absolute Gasteiger partial charge is 0.379 e. The maximum Gasteiger partial charge on any atom is 0.222 e. The molecule has 1 aromatic heterocycles. The molecule has 2 rings (SSSR count). The van der Waals surface area contributed by atoms with Crippen molar-refractivity contribution in [3.05, 3.63) is 17.0 Å². The van der Waals surface area contributed by atoms with E-state index in [9.17, 15) is 4.79 Å². The lowest BCUT2D eigenvalue weighted by Gasteiger charge is -2.24. The Morgan fingerprint density at radius 2 is 2.25 bits per heavy atom. The van der Waals surface area contributed by atoms with Crippen molar-refractivity contribution < 1.29 is 9.53 Å². The first-order chi connectivity index (χ1) is 9.49. The van der Waals surface area contributed by atoms with Crippen LogP contribution in [0.5, 0.6) is 0 Å². The number of amides is 1. The van der Waals surface area contributed by atoms with E-state index in [1.54, 1.807) is 0 Å². The Kier molecular flexibility index (Phi) is 4.81. The molecule has 5 nitrogen and oxygen atoms in total. The first kappa shape index (κ1) is 15.0. The van der Waals surface area contributed by atoms with Gasteiger partial charge in [0, 0.05) is 18.7 Å². The average molecular weight is 279 g/mol. The Morgan fingerprint density at radius 3 is 2.80 bits per heavy atom. The lowest BCUT2D eigenvalue weighted by atomic mass is 10.1. The van der Waals surface area contributed by atoms with E-state index in [1.165, 1.54) is 5.56 Å². The number of carbonyl (C=O) groups is 1. The summed E-state index contributed by atoms with van der Waals surface area (Å²) in [5.74, 6) is 0.0817. The smallest absolute Gasteiger partial charge is 0.222 e. The highest BCUT2D eigenvalue weighted by atomic mass is 16.5. The van der Waals surface area contributed by atoms with Gasteiger partial charge in [0.1, 0.15) is 0 Å². The molecule has 0 aromatic carbocycles. The van der Waals surface area contributed by atoms with Gasteiger partial charge in [-0.05, 0) is 46.1 Å². The van der Waals surface area contributed by atoms with Gasteiger partial charge in [0.15, 0.2) is 0 Å². The van der Waals surface area contributed by atoms with Crippen molar-refractivity contribution in [3.63, 3.8) is 0 Å². The van der Waals surface area contributed by atoms with E-state index in [1.807, 2.05) is 18.5 Å². The predicted octanol–water partition coefficient (Wildman–Crippen LogP) is 2.05. The Morgan fingerprint density at radius 1 is 1.50 bits per heavy atom. The van der Waals surface area contributed by atoms with Gasteiger partial charge in [-0.15, -0.1) is 0 Å². The average Bonchev–Trinajstić information content (AvgIpc) is 2.67. The molecule has 112 valence electrons. The summed E-state index contributed by atoms with van der Waals surface area (Å²) in [6.45, 7) is 9.62. The highest BCUT2D eigenvalue weighted by Gasteiger charge is 2.20. The Balaban J connectivity index is 1.91. The Hall–Kier alpha value is -1.36. The van der Waals surface area contributed by atoms with Gasteiger partial charge < -0.3 is 10.1 Å². The van der Waals surface area contributed by atoms with Crippen molar-refractivity contribution >= 4 is 5.91 Å². The standard InChI is InChI=1S/C15H25N3O2/c1-10(18-13(4)11(2)12(3)17-18)8-15(19)16-14-6-5-7-20-9-14/h10,14H,5-9H2,1-4H3,(H,16,19)/t10-,14+/m0/s1. The molecule has 5 heteroatoms. The third-order valence-electron chi connectivity index (χ3n) is 4.11. The van der Waals surface area contributed by atoms with E-state index in [0.717, 1.165) is 30.8 Å². The molecule has 1 amide bonds. The number of hydrogen-bond donors (Lipinski definition) is 1. The summed E-state index contributed by atoms with van der Waals surface area (Å²) >= 11 is 0. The van der Waals surface area contributed by atoms with Crippen molar-refractivity contribution in [2.24, 2.45) is 0 Å². The fourth-order valence-corrected chi connectivity index (χ4v) is 2.67. The third kappa shape index (κ3) is 3.39. The van der Waals surface area contributed by atoms with Gasteiger partial charge in [-0.3, -0.25) is 9.48 Å². The first-order valence-corrected chi connectivity index (χ1v) is 7.38. The molecule has 2 atom stereocenters. The lowest BCUT2D eigenvalue weighted by molar-refractivity contribution is -0.123. The predicted molar refractivity (Wildman–Crippen MR) is 77.7 cm³/mol. The van der Waals surface area contributed by atoms with Crippen molar-refractivity contribution in [2.45, 2.75) is 59.0 Å². The second-order valence-electron chi connectivity index (χ2n) is 5.78. The summed E-state index contributed by atoms with van der Waals surface area (Å²) in [6.07, 6.45) is 2.49. The van der Waals surface area contributed by atoms with E-state index in [0.29, 0.717) is 13.0 Å². The molecule has 1 aliphatic heterocycles. The maximum absolute atomic E-state index is 12.1. The van der Waals surface area contributed by atoms with Crippen LogP contribution in [0.2, 0.25) is 0 Å². The Labute approximate surface area is 120 Å². The summed E-state index contributed by atoms with van der Waals surface area (Å²) in [6, 6.07) is 0.248. The van der Waals surface area contributed by atoms with Crippen LogP contribution in [0.4, 0.5) is 0 Å². The SMILES string of the molecule is Cc1nn([C@@H](C)CC(=O)N[C@@H]2CCCOC2)c(C)c1C. The fraction of sp³-hybridized carbons (Fsp3) is 0.733. The van der Waals surface area contributed by atoms with Gasteiger partial charge in [0.05, 0.1) is 24.4 Å². The fourth-order valence-electron chi connectivity index (χ4n) is 2.67. The van der Waals surface area contributed by atoms with Crippen LogP contribution < -0.4 is 5.32 Å². The summed E-state index contributed by atoms with van der Waals surface area (Å²) in [5, 5.41) is 7.58. The molecule has 0 bridgehead atoms. The van der Waals surface area contributed by atoms with Gasteiger partial charge in [0.2, 0.25) is 5.91 Å². The number of ether oxygens (including phenoxy) is 1. The zero-order chi connectivity index (χ0) is 14.7. The van der Waals surface area contributed by atoms with Crippen molar-refractivity contribution in [3.8, 4) is 0 Å². The van der Waals surface area contributed by atoms with Crippen LogP contribution in [-0.2, 0) is 9.53 Å². The minimum atomic E-state index is 0.0758. The van der Waals surface area contributed by atoms with Crippen molar-refractivity contribution in [1.82, 2.24) is 15.1 Å². The third-order valence-corrected chi connectivity index (χ3v) is 4.11. The van der Waals surface area contributed by atoms with Crippen LogP contribution in [0.15, 0.2) is 0 Å². The number of carbonyl (C=O) groups excluding carboxylic acids is 1. The molecule has 1 fully saturated rings. The van der Waals surface area contributed by atoms with Crippen molar-refractivity contribution in [2.75, 3.05) is 13.2 Å². The van der Waals surface area contributed by atoms with E-state index in [4.69, 9.17) is 4.74 Å². The van der Waals surface area contributed by atoms with Crippen LogP contribution in [-0.4, -0.2) is 34.9 Å². The molecule has 0 radical (unpaired) electrons. The van der Waals surface area contributed by atoms with E-state index < -0.39 is 0 Å². The molecule has 1 saturated heterocycles. The van der Waals surface area contributed by atoms with Crippen LogP contribution in [0.25, 0.3) is 0 Å². The minimum absolute atomic E-state index is 0.0758. The summed E-state index contributed by atoms with van der Waals surface area (Å²) in [7, 11) is 0. The number of nitrogens with zero attached hydrogens (tertiary/aromatic N) is 2. The monoisotopic (exact) mass is 279 g/mol. The molecule has 0 unspecified atom stereocenters. The topological polar surface area (TPSA) is 56.2 Å². The minimum Gasteiger partial charge on any atom is -0.379 e. The number of aromatic nitrogens is 2. The van der Waals surface area contributed by atoms with Crippen LogP contribution >= 0.6 is 0 Å². The van der Waals surface area contributed by atoms with Gasteiger partial charge in [0.25, 0.3) is 0 Å². The highest BCUT2D eigenvalue weighted by molar-refractivity contribution is 5.76. The first-order valence-electron chi connectivity index (χ1n) is 7.38. The maximum atomic E-state index is 12.1. The molecular weight excluding hydrogens is 254 g/mol. The number of nitrogens with one attached hydrogen (secondary N) is 1. The second-order valence-corrected chi connectivity index (χ2v) is 5.78. The summed E-state index contributed by atoms with van der Waals surface area (Å²) < 4.78 is 7.34. The second kappa shape index (κ2) is 6.39. The Bertz CT molecular complexity index is 476. The van der Waals surface area contributed by atoms with E-state index in [2.05, 4.69) is 24.3 Å². The van der Waals surface area contributed by atoms with E-state index >= 15 is 0 Å². The van der Waals surface area contributed by atoms with Gasteiger partial charge in [-0.25, -0.2) is 0 Å². The number of rotatable bonds is 4. The molecule has 1 aliphatic rings. The van der Waals surface area contributed by atoms with Gasteiger partial charge >= 0.3 is 0 Å².